The number of para-hydroxylation sites is 2. The highest BCUT2D eigenvalue weighted by atomic mass is 16.3. The number of anilines is 5. The largest absolute Gasteiger partial charge is 0.454 e. The second-order valence-electron chi connectivity index (χ2n) is 13.9. The fourth-order valence-electron chi connectivity index (χ4n) is 8.29. The van der Waals surface area contributed by atoms with Crippen LogP contribution in [-0.4, -0.2) is 6.85 Å². The van der Waals surface area contributed by atoms with E-state index in [9.17, 15) is 0 Å². The van der Waals surface area contributed by atoms with Crippen molar-refractivity contribution >= 4 is 68.1 Å². The Balaban J connectivity index is 1.37. The summed E-state index contributed by atoms with van der Waals surface area (Å²) in [6.45, 7) is 6.75. The Morgan fingerprint density at radius 2 is 1.35 bits per heavy atom. The van der Waals surface area contributed by atoms with Crippen LogP contribution in [0.15, 0.2) is 126 Å². The number of nitrogens with zero attached hydrogens (tertiary/aromatic N) is 2. The van der Waals surface area contributed by atoms with Gasteiger partial charge in [0.2, 0.25) is 0 Å². The SMILES string of the molecule is CCCCc1ccc(N2c3ccc(CCCC)cc3B3c4c(cc(C)cc42)-c2ccc4c(oc5ccccc54)c2N3c2ccccc2)cc1. The Hall–Kier alpha value is -5.22. The molecule has 0 saturated heterocycles. The smallest absolute Gasteiger partial charge is 0.333 e. The predicted molar refractivity (Wildman–Crippen MR) is 209 cm³/mol. The third-order valence-corrected chi connectivity index (χ3v) is 10.6. The molecule has 0 atom stereocenters. The van der Waals surface area contributed by atoms with Crippen molar-refractivity contribution in [2.24, 2.45) is 0 Å². The topological polar surface area (TPSA) is 19.6 Å². The molecule has 0 saturated carbocycles. The van der Waals surface area contributed by atoms with Crippen molar-refractivity contribution in [3.63, 3.8) is 0 Å². The zero-order chi connectivity index (χ0) is 33.1. The van der Waals surface area contributed by atoms with Crippen LogP contribution >= 0.6 is 0 Å². The monoisotopic (exact) mass is 636 g/mol. The molecular formula is C45H41BN2O. The number of hydrogen-bond acceptors (Lipinski definition) is 3. The molecule has 0 fully saturated rings. The van der Waals surface area contributed by atoms with Crippen molar-refractivity contribution < 1.29 is 4.42 Å². The van der Waals surface area contributed by atoms with Gasteiger partial charge in [-0.25, -0.2) is 0 Å². The highest BCUT2D eigenvalue weighted by Crippen LogP contribution is 2.50. The molecule has 3 nitrogen and oxygen atoms in total. The zero-order valence-corrected chi connectivity index (χ0v) is 28.7. The molecule has 2 aliphatic heterocycles. The Labute approximate surface area is 289 Å². The Morgan fingerprint density at radius 1 is 0.612 bits per heavy atom. The molecule has 4 heteroatoms. The lowest BCUT2D eigenvalue weighted by atomic mass is 9.43. The minimum atomic E-state index is -0.0315. The van der Waals surface area contributed by atoms with E-state index in [-0.39, 0.29) is 6.85 Å². The van der Waals surface area contributed by atoms with Crippen LogP contribution in [0.3, 0.4) is 0 Å². The number of benzene rings is 6. The van der Waals surface area contributed by atoms with E-state index in [2.05, 4.69) is 152 Å². The van der Waals surface area contributed by atoms with Gasteiger partial charge >= 0.3 is 6.85 Å². The summed E-state index contributed by atoms with van der Waals surface area (Å²) in [7, 11) is 0. The van der Waals surface area contributed by atoms with Crippen LogP contribution in [0.5, 0.6) is 0 Å². The first kappa shape index (κ1) is 29.9. The van der Waals surface area contributed by atoms with E-state index in [0.717, 1.165) is 46.2 Å². The number of furan rings is 1. The molecule has 2 aliphatic rings. The first-order chi connectivity index (χ1) is 24.1. The van der Waals surface area contributed by atoms with Gasteiger partial charge in [0.25, 0.3) is 0 Å². The fraction of sp³-hybridized carbons (Fsp3) is 0.200. The van der Waals surface area contributed by atoms with E-state index in [1.807, 2.05) is 0 Å². The van der Waals surface area contributed by atoms with Gasteiger partial charge in [-0.2, -0.15) is 0 Å². The van der Waals surface area contributed by atoms with Gasteiger partial charge in [0.15, 0.2) is 5.58 Å². The Morgan fingerprint density at radius 3 is 2.14 bits per heavy atom. The van der Waals surface area contributed by atoms with Crippen LogP contribution in [0.1, 0.15) is 56.2 Å². The Kier molecular flexibility index (Phi) is 7.34. The normalized spacial score (nSPS) is 13.2. The van der Waals surface area contributed by atoms with E-state index in [4.69, 9.17) is 4.42 Å². The van der Waals surface area contributed by atoms with E-state index in [1.54, 1.807) is 0 Å². The van der Waals surface area contributed by atoms with Gasteiger partial charge in [0, 0.05) is 39.1 Å². The average molecular weight is 637 g/mol. The second kappa shape index (κ2) is 12.0. The number of unbranched alkanes of at least 4 members (excludes halogenated alkanes) is 2. The lowest BCUT2D eigenvalue weighted by Gasteiger charge is -2.46. The summed E-state index contributed by atoms with van der Waals surface area (Å²) < 4.78 is 6.83. The highest BCUT2D eigenvalue weighted by Gasteiger charge is 2.46. The van der Waals surface area contributed by atoms with Gasteiger partial charge in [0.1, 0.15) is 5.58 Å². The summed E-state index contributed by atoms with van der Waals surface area (Å²) in [6, 6.07) is 45.4. The summed E-state index contributed by atoms with van der Waals surface area (Å²) >= 11 is 0. The van der Waals surface area contributed by atoms with Crippen LogP contribution in [0.2, 0.25) is 0 Å². The highest BCUT2D eigenvalue weighted by molar-refractivity contribution is 6.93. The molecular weight excluding hydrogens is 595 g/mol. The van der Waals surface area contributed by atoms with Crippen molar-refractivity contribution in [2.45, 2.75) is 59.3 Å². The van der Waals surface area contributed by atoms with Crippen molar-refractivity contribution in [2.75, 3.05) is 9.71 Å². The first-order valence-corrected chi connectivity index (χ1v) is 18.1. The van der Waals surface area contributed by atoms with E-state index >= 15 is 0 Å². The lowest BCUT2D eigenvalue weighted by Crippen LogP contribution is -2.61. The summed E-state index contributed by atoms with van der Waals surface area (Å²) in [6.07, 6.45) is 6.97. The van der Waals surface area contributed by atoms with Crippen LogP contribution in [-0.2, 0) is 12.8 Å². The van der Waals surface area contributed by atoms with E-state index in [0.29, 0.717) is 0 Å². The van der Waals surface area contributed by atoms with Crippen LogP contribution < -0.4 is 20.6 Å². The number of fused-ring (bicyclic) bond motifs is 8. The standard InChI is InChI=1S/C45H41BN2O/c1-4-6-13-31-19-22-33(23-20-31)47-40-26-21-32(14-7-5-2)29-39(40)46-43-38(27-30(3)28-41(43)47)36-24-25-37-35-17-11-12-18-42(35)49-45(37)44(36)48(46)34-15-9-8-10-16-34/h8-12,15-29H,4-7,13-14H2,1-3H3. The molecule has 1 aromatic heterocycles. The van der Waals surface area contributed by atoms with Crippen molar-refractivity contribution in [3.8, 4) is 11.1 Å². The minimum absolute atomic E-state index is 0.0315. The maximum atomic E-state index is 6.83. The third kappa shape index (κ3) is 4.80. The van der Waals surface area contributed by atoms with Gasteiger partial charge in [0.05, 0.1) is 5.69 Å². The van der Waals surface area contributed by atoms with Crippen molar-refractivity contribution in [1.29, 1.82) is 0 Å². The zero-order valence-electron chi connectivity index (χ0n) is 28.7. The molecule has 0 spiro atoms. The molecule has 9 rings (SSSR count). The van der Waals surface area contributed by atoms with E-state index in [1.165, 1.54) is 81.5 Å². The number of hydrogen-bond donors (Lipinski definition) is 0. The molecule has 7 aromatic rings. The van der Waals surface area contributed by atoms with Crippen molar-refractivity contribution in [1.82, 2.24) is 0 Å². The second-order valence-corrected chi connectivity index (χ2v) is 13.9. The van der Waals surface area contributed by atoms with Gasteiger partial charge in [-0.15, -0.1) is 0 Å². The summed E-state index contributed by atoms with van der Waals surface area (Å²) in [5, 5.41) is 2.31. The van der Waals surface area contributed by atoms with E-state index < -0.39 is 0 Å². The maximum absolute atomic E-state index is 6.83. The maximum Gasteiger partial charge on any atom is 0.333 e. The molecule has 240 valence electrons. The minimum Gasteiger partial charge on any atom is -0.454 e. The molecule has 0 bridgehead atoms. The fourth-order valence-corrected chi connectivity index (χ4v) is 8.29. The number of rotatable bonds is 8. The van der Waals surface area contributed by atoms with Gasteiger partial charge in [-0.3, -0.25) is 0 Å². The summed E-state index contributed by atoms with van der Waals surface area (Å²) in [5.41, 5.74) is 17.1. The molecule has 0 amide bonds. The average Bonchev–Trinajstić information content (AvgIpc) is 3.53. The Bertz CT molecular complexity index is 2340. The number of aryl methyl sites for hydroxylation is 3. The quantitative estimate of drug-likeness (QED) is 0.155. The van der Waals surface area contributed by atoms with Crippen LogP contribution in [0, 0.1) is 6.92 Å². The van der Waals surface area contributed by atoms with Gasteiger partial charge in [-0.1, -0.05) is 99.5 Å². The van der Waals surface area contributed by atoms with Crippen molar-refractivity contribution in [3.05, 3.63) is 138 Å². The molecule has 3 heterocycles. The summed E-state index contributed by atoms with van der Waals surface area (Å²) in [5.74, 6) is 0. The first-order valence-electron chi connectivity index (χ1n) is 18.1. The molecule has 0 N–H and O–H groups in total. The molecule has 0 unspecified atom stereocenters. The van der Waals surface area contributed by atoms with Crippen LogP contribution in [0.25, 0.3) is 33.1 Å². The molecule has 0 radical (unpaired) electrons. The third-order valence-electron chi connectivity index (χ3n) is 10.6. The predicted octanol–water partition coefficient (Wildman–Crippen LogP) is 11.3. The lowest BCUT2D eigenvalue weighted by molar-refractivity contribution is 0.669. The molecule has 6 aromatic carbocycles. The van der Waals surface area contributed by atoms with Gasteiger partial charge < -0.3 is 14.1 Å². The molecule has 49 heavy (non-hydrogen) atoms. The van der Waals surface area contributed by atoms with Crippen LogP contribution in [0.4, 0.5) is 28.4 Å². The summed E-state index contributed by atoms with van der Waals surface area (Å²) in [4.78, 5) is 5.10. The van der Waals surface area contributed by atoms with Gasteiger partial charge in [-0.05, 0) is 114 Å². The molecule has 0 aliphatic carbocycles.